The summed E-state index contributed by atoms with van der Waals surface area (Å²) in [6.07, 6.45) is 1.63. The van der Waals surface area contributed by atoms with Gasteiger partial charge in [-0.05, 0) is 47.4 Å². The minimum atomic E-state index is -0.916. The van der Waals surface area contributed by atoms with Crippen LogP contribution in [0.3, 0.4) is 0 Å². The molecule has 7 nitrogen and oxygen atoms in total. The predicted octanol–water partition coefficient (Wildman–Crippen LogP) is 3.63. The summed E-state index contributed by atoms with van der Waals surface area (Å²) in [5.74, 6) is -0.668. The number of carboxylic acid groups (broad SMARTS) is 1. The summed E-state index contributed by atoms with van der Waals surface area (Å²) in [4.78, 5) is 37.8. The SMILES string of the molecule is CN(CCC(=O)O)C(=O)[C@@]12C[C@@H](NC(=O)OCC3c4ccccc4-c4ccccc43)C[C@@H]1C2. The highest BCUT2D eigenvalue weighted by atomic mass is 16.5. The van der Waals surface area contributed by atoms with E-state index in [0.717, 1.165) is 12.8 Å². The molecule has 2 aromatic rings. The van der Waals surface area contributed by atoms with Crippen LogP contribution in [0, 0.1) is 11.3 Å². The summed E-state index contributed by atoms with van der Waals surface area (Å²) in [7, 11) is 1.65. The van der Waals surface area contributed by atoms with Gasteiger partial charge in [-0.15, -0.1) is 0 Å². The molecule has 2 saturated carbocycles. The first-order valence-electron chi connectivity index (χ1n) is 11.5. The Hall–Kier alpha value is -3.35. The van der Waals surface area contributed by atoms with Crippen molar-refractivity contribution in [2.45, 2.75) is 37.6 Å². The summed E-state index contributed by atoms with van der Waals surface area (Å²) < 4.78 is 5.65. The summed E-state index contributed by atoms with van der Waals surface area (Å²) in [5, 5.41) is 11.8. The number of rotatable bonds is 7. The number of ether oxygens (including phenoxy) is 1. The van der Waals surface area contributed by atoms with Gasteiger partial charge in [0.25, 0.3) is 0 Å². The molecule has 5 rings (SSSR count). The van der Waals surface area contributed by atoms with Gasteiger partial charge >= 0.3 is 12.1 Å². The highest BCUT2D eigenvalue weighted by molar-refractivity contribution is 5.87. The van der Waals surface area contributed by atoms with Crippen LogP contribution in [0.15, 0.2) is 48.5 Å². The number of fused-ring (bicyclic) bond motifs is 4. The van der Waals surface area contributed by atoms with Crippen LogP contribution < -0.4 is 5.32 Å². The molecule has 0 heterocycles. The van der Waals surface area contributed by atoms with Gasteiger partial charge in [-0.1, -0.05) is 48.5 Å². The lowest BCUT2D eigenvalue weighted by Crippen LogP contribution is -2.39. The molecular formula is C26H28N2O5. The number of nitrogens with one attached hydrogen (secondary N) is 1. The van der Waals surface area contributed by atoms with Crippen LogP contribution in [-0.2, 0) is 14.3 Å². The Morgan fingerprint density at radius 3 is 2.33 bits per heavy atom. The largest absolute Gasteiger partial charge is 0.481 e. The Morgan fingerprint density at radius 2 is 1.70 bits per heavy atom. The van der Waals surface area contributed by atoms with Gasteiger partial charge in [0.05, 0.1) is 11.8 Å². The van der Waals surface area contributed by atoms with Crippen molar-refractivity contribution in [1.29, 1.82) is 0 Å². The molecule has 0 spiro atoms. The van der Waals surface area contributed by atoms with E-state index in [2.05, 4.69) is 29.6 Å². The number of nitrogens with zero attached hydrogens (tertiary/aromatic N) is 1. The Balaban J connectivity index is 1.17. The van der Waals surface area contributed by atoms with Crippen LogP contribution in [0.1, 0.15) is 42.7 Å². The number of amides is 2. The molecule has 2 amide bonds. The third-order valence-corrected chi connectivity index (χ3v) is 7.51. The number of carbonyl (C=O) groups excluding carboxylic acids is 2. The zero-order chi connectivity index (χ0) is 23.2. The van der Waals surface area contributed by atoms with Gasteiger partial charge in [-0.2, -0.15) is 0 Å². The van der Waals surface area contributed by atoms with E-state index in [1.54, 1.807) is 7.05 Å². The topological polar surface area (TPSA) is 95.9 Å². The van der Waals surface area contributed by atoms with E-state index in [1.165, 1.54) is 27.2 Å². The van der Waals surface area contributed by atoms with E-state index in [9.17, 15) is 14.4 Å². The monoisotopic (exact) mass is 448 g/mol. The average molecular weight is 449 g/mol. The van der Waals surface area contributed by atoms with E-state index in [0.29, 0.717) is 6.42 Å². The minimum Gasteiger partial charge on any atom is -0.481 e. The number of carbonyl (C=O) groups is 3. The number of aliphatic carboxylic acids is 1. The zero-order valence-corrected chi connectivity index (χ0v) is 18.6. The van der Waals surface area contributed by atoms with Crippen molar-refractivity contribution in [3.8, 4) is 11.1 Å². The molecule has 7 heteroatoms. The molecule has 0 aliphatic heterocycles. The number of carboxylic acids is 1. The van der Waals surface area contributed by atoms with E-state index < -0.39 is 17.5 Å². The van der Waals surface area contributed by atoms with Crippen molar-refractivity contribution >= 4 is 18.0 Å². The molecule has 0 unspecified atom stereocenters. The molecule has 0 aromatic heterocycles. The molecule has 3 aliphatic carbocycles. The van der Waals surface area contributed by atoms with Crippen LogP contribution >= 0.6 is 0 Å². The zero-order valence-electron chi connectivity index (χ0n) is 18.6. The summed E-state index contributed by atoms with van der Waals surface area (Å²) in [5.41, 5.74) is 4.26. The van der Waals surface area contributed by atoms with Gasteiger partial charge in [0.15, 0.2) is 0 Å². The average Bonchev–Trinajstić information content (AvgIpc) is 3.23. The normalized spacial score (nSPS) is 24.4. The molecule has 3 atom stereocenters. The van der Waals surface area contributed by atoms with Crippen LogP contribution in [-0.4, -0.2) is 54.2 Å². The number of benzene rings is 2. The van der Waals surface area contributed by atoms with Gasteiger partial charge in [0.1, 0.15) is 6.61 Å². The van der Waals surface area contributed by atoms with Gasteiger partial charge in [-0.25, -0.2) is 4.79 Å². The van der Waals surface area contributed by atoms with E-state index >= 15 is 0 Å². The van der Waals surface area contributed by atoms with Crippen LogP contribution in [0.4, 0.5) is 4.79 Å². The molecule has 0 radical (unpaired) electrons. The lowest BCUT2D eigenvalue weighted by Gasteiger charge is -2.23. The fraction of sp³-hybridized carbons (Fsp3) is 0.423. The number of hydrogen-bond acceptors (Lipinski definition) is 4. The molecule has 2 N–H and O–H groups in total. The Morgan fingerprint density at radius 1 is 1.06 bits per heavy atom. The lowest BCUT2D eigenvalue weighted by atomic mass is 9.98. The van der Waals surface area contributed by atoms with E-state index in [4.69, 9.17) is 9.84 Å². The van der Waals surface area contributed by atoms with Gasteiger partial charge in [0, 0.05) is 25.6 Å². The Bertz CT molecular complexity index is 1070. The maximum absolute atomic E-state index is 12.9. The molecular weight excluding hydrogens is 420 g/mol. The quantitative estimate of drug-likeness (QED) is 0.674. The first-order valence-corrected chi connectivity index (χ1v) is 11.5. The molecule has 0 bridgehead atoms. The lowest BCUT2D eigenvalue weighted by molar-refractivity contribution is -0.139. The Labute approximate surface area is 192 Å². The van der Waals surface area contributed by atoms with Gasteiger partial charge in [0.2, 0.25) is 5.91 Å². The molecule has 2 fully saturated rings. The van der Waals surface area contributed by atoms with Crippen LogP contribution in [0.5, 0.6) is 0 Å². The van der Waals surface area contributed by atoms with Crippen molar-refractivity contribution in [3.63, 3.8) is 0 Å². The summed E-state index contributed by atoms with van der Waals surface area (Å²) in [6, 6.07) is 16.3. The Kier molecular flexibility index (Phi) is 5.35. The summed E-state index contributed by atoms with van der Waals surface area (Å²) in [6.45, 7) is 0.463. The molecule has 172 valence electrons. The molecule has 3 aliphatic rings. The van der Waals surface area contributed by atoms with Crippen molar-refractivity contribution in [3.05, 3.63) is 59.7 Å². The predicted molar refractivity (Wildman–Crippen MR) is 122 cm³/mol. The fourth-order valence-electron chi connectivity index (χ4n) is 5.82. The molecule has 2 aromatic carbocycles. The number of hydrogen-bond donors (Lipinski definition) is 2. The van der Waals surface area contributed by atoms with Crippen molar-refractivity contribution in [1.82, 2.24) is 10.2 Å². The van der Waals surface area contributed by atoms with Crippen LogP contribution in [0.2, 0.25) is 0 Å². The minimum absolute atomic E-state index is 0.00872. The van der Waals surface area contributed by atoms with E-state index in [1.807, 2.05) is 24.3 Å². The summed E-state index contributed by atoms with van der Waals surface area (Å²) >= 11 is 0. The molecule has 0 saturated heterocycles. The molecule has 33 heavy (non-hydrogen) atoms. The van der Waals surface area contributed by atoms with Crippen molar-refractivity contribution < 1.29 is 24.2 Å². The highest BCUT2D eigenvalue weighted by Crippen LogP contribution is 2.64. The first kappa shape index (κ1) is 21.5. The smallest absolute Gasteiger partial charge is 0.407 e. The van der Waals surface area contributed by atoms with E-state index in [-0.39, 0.29) is 43.4 Å². The standard InChI is InChI=1S/C26H28N2O5/c1-28(11-10-23(29)30)24(31)26-13-16(26)12-17(14-26)27-25(32)33-15-22-20-8-4-2-6-18(20)19-7-3-5-9-21(19)22/h2-9,16-17,22H,10-15H2,1H3,(H,27,32)(H,29,30)/t16-,17+,26+/m1/s1. The third kappa shape index (κ3) is 3.86. The van der Waals surface area contributed by atoms with Crippen molar-refractivity contribution in [2.24, 2.45) is 11.3 Å². The van der Waals surface area contributed by atoms with Gasteiger partial charge < -0.3 is 20.1 Å². The maximum Gasteiger partial charge on any atom is 0.407 e. The fourth-order valence-corrected chi connectivity index (χ4v) is 5.82. The third-order valence-electron chi connectivity index (χ3n) is 7.51. The maximum atomic E-state index is 12.9. The second kappa shape index (κ2) is 8.21. The second-order valence-electron chi connectivity index (χ2n) is 9.53. The second-order valence-corrected chi connectivity index (χ2v) is 9.53. The number of alkyl carbamates (subject to hydrolysis) is 1. The highest BCUT2D eigenvalue weighted by Gasteiger charge is 2.65. The van der Waals surface area contributed by atoms with Gasteiger partial charge in [-0.3, -0.25) is 9.59 Å². The first-order chi connectivity index (χ1) is 15.9. The van der Waals surface area contributed by atoms with Crippen LogP contribution in [0.25, 0.3) is 11.1 Å². The van der Waals surface area contributed by atoms with Crippen molar-refractivity contribution in [2.75, 3.05) is 20.2 Å².